The summed E-state index contributed by atoms with van der Waals surface area (Å²) in [7, 11) is 0. The van der Waals surface area contributed by atoms with E-state index in [2.05, 4.69) is 30.9 Å². The summed E-state index contributed by atoms with van der Waals surface area (Å²) < 4.78 is 1.04. The minimum atomic E-state index is 0.476. The lowest BCUT2D eigenvalue weighted by atomic mass is 10.1. The van der Waals surface area contributed by atoms with Crippen molar-refractivity contribution in [1.82, 2.24) is 15.0 Å². The van der Waals surface area contributed by atoms with Crippen molar-refractivity contribution in [3.8, 4) is 11.4 Å². The summed E-state index contributed by atoms with van der Waals surface area (Å²) in [6.45, 7) is 2.05. The van der Waals surface area contributed by atoms with Crippen LogP contribution in [-0.4, -0.2) is 15.0 Å². The van der Waals surface area contributed by atoms with E-state index in [1.54, 1.807) is 6.07 Å². The number of nitrogens with zero attached hydrogens (tertiary/aromatic N) is 2. The molecule has 0 amide bonds. The van der Waals surface area contributed by atoms with E-state index in [0.717, 1.165) is 21.4 Å². The van der Waals surface area contributed by atoms with Crippen LogP contribution in [0, 0.1) is 6.92 Å². The van der Waals surface area contributed by atoms with Crippen molar-refractivity contribution in [2.75, 3.05) is 5.73 Å². The molecule has 0 saturated heterocycles. The van der Waals surface area contributed by atoms with Crippen LogP contribution in [0.2, 0.25) is 0 Å². The van der Waals surface area contributed by atoms with Crippen molar-refractivity contribution in [2.24, 2.45) is 0 Å². The second kappa shape index (κ2) is 4.10. The zero-order chi connectivity index (χ0) is 12.7. The van der Waals surface area contributed by atoms with Gasteiger partial charge in [-0.2, -0.15) is 0 Å². The Morgan fingerprint density at radius 1 is 1.17 bits per heavy atom. The van der Waals surface area contributed by atoms with E-state index >= 15 is 0 Å². The highest BCUT2D eigenvalue weighted by Gasteiger charge is 2.10. The Hall–Kier alpha value is -1.88. The lowest BCUT2D eigenvalue weighted by Gasteiger charge is -2.03. The van der Waals surface area contributed by atoms with Crippen LogP contribution < -0.4 is 5.73 Å². The molecule has 0 atom stereocenters. The van der Waals surface area contributed by atoms with Crippen LogP contribution in [-0.2, 0) is 0 Å². The third-order valence-electron chi connectivity index (χ3n) is 2.81. The normalized spacial score (nSPS) is 11.0. The molecule has 1 aromatic carbocycles. The number of nitrogens with two attached hydrogens (primary N) is 1. The number of fused-ring (bicyclic) bond motifs is 1. The fourth-order valence-corrected chi connectivity index (χ4v) is 2.32. The van der Waals surface area contributed by atoms with Gasteiger partial charge in [-0.3, -0.25) is 0 Å². The van der Waals surface area contributed by atoms with E-state index in [1.807, 2.05) is 31.2 Å². The van der Waals surface area contributed by atoms with E-state index in [0.29, 0.717) is 11.5 Å². The topological polar surface area (TPSA) is 67.6 Å². The third-order valence-corrected chi connectivity index (χ3v) is 3.87. The molecule has 90 valence electrons. The predicted molar refractivity (Wildman–Crippen MR) is 76.2 cm³/mol. The molecule has 0 unspecified atom stereocenters. The molecule has 3 N–H and O–H groups in total. The number of imidazole rings is 1. The number of aromatic nitrogens is 3. The van der Waals surface area contributed by atoms with Crippen molar-refractivity contribution in [3.05, 3.63) is 40.4 Å². The maximum Gasteiger partial charge on any atom is 0.180 e. The summed E-state index contributed by atoms with van der Waals surface area (Å²) >= 11 is 3.58. The molecular weight excluding hydrogens is 292 g/mol. The third kappa shape index (κ3) is 1.76. The fourth-order valence-electron chi connectivity index (χ4n) is 1.87. The second-order valence-corrected chi connectivity index (χ2v) is 4.92. The number of H-pyrrole nitrogens is 1. The fraction of sp³-hybridized carbons (Fsp3) is 0.0769. The van der Waals surface area contributed by atoms with Crippen LogP contribution in [0.5, 0.6) is 0 Å². The van der Waals surface area contributed by atoms with Crippen molar-refractivity contribution in [1.29, 1.82) is 0 Å². The SMILES string of the molecule is Cc1cccc(-c2nc3nc(N)ccc3[nH]2)c1Br. The Morgan fingerprint density at radius 3 is 2.83 bits per heavy atom. The molecule has 0 spiro atoms. The largest absolute Gasteiger partial charge is 0.384 e. The number of benzene rings is 1. The molecule has 0 aliphatic rings. The van der Waals surface area contributed by atoms with E-state index < -0.39 is 0 Å². The molecular formula is C13H11BrN4. The molecule has 0 radical (unpaired) electrons. The van der Waals surface area contributed by atoms with E-state index in [9.17, 15) is 0 Å². The van der Waals surface area contributed by atoms with Crippen LogP contribution >= 0.6 is 15.9 Å². The Labute approximate surface area is 112 Å². The van der Waals surface area contributed by atoms with Gasteiger partial charge in [-0.05, 0) is 40.5 Å². The number of anilines is 1. The lowest BCUT2D eigenvalue weighted by Crippen LogP contribution is -1.88. The van der Waals surface area contributed by atoms with Gasteiger partial charge in [0.25, 0.3) is 0 Å². The number of nitrogen functional groups attached to an aromatic ring is 1. The van der Waals surface area contributed by atoms with Crippen LogP contribution in [0.25, 0.3) is 22.6 Å². The average molecular weight is 303 g/mol. The van der Waals surface area contributed by atoms with Crippen molar-refractivity contribution >= 4 is 32.9 Å². The number of hydrogen-bond donors (Lipinski definition) is 2. The van der Waals surface area contributed by atoms with Crippen LogP contribution in [0.4, 0.5) is 5.82 Å². The molecule has 5 heteroatoms. The quantitative estimate of drug-likeness (QED) is 0.725. The molecule has 4 nitrogen and oxygen atoms in total. The van der Waals surface area contributed by atoms with Crippen molar-refractivity contribution < 1.29 is 0 Å². The van der Waals surface area contributed by atoms with E-state index in [4.69, 9.17) is 5.73 Å². The van der Waals surface area contributed by atoms with Crippen LogP contribution in [0.3, 0.4) is 0 Å². The van der Waals surface area contributed by atoms with Gasteiger partial charge in [0.15, 0.2) is 5.65 Å². The first-order valence-electron chi connectivity index (χ1n) is 5.53. The summed E-state index contributed by atoms with van der Waals surface area (Å²) in [5.41, 5.74) is 9.36. The summed E-state index contributed by atoms with van der Waals surface area (Å²) in [5, 5.41) is 0. The highest BCUT2D eigenvalue weighted by molar-refractivity contribution is 9.10. The van der Waals surface area contributed by atoms with Crippen LogP contribution in [0.1, 0.15) is 5.56 Å². The Balaban J connectivity index is 2.22. The molecule has 2 heterocycles. The monoisotopic (exact) mass is 302 g/mol. The molecule has 18 heavy (non-hydrogen) atoms. The summed E-state index contributed by atoms with van der Waals surface area (Å²) in [6, 6.07) is 9.71. The highest BCUT2D eigenvalue weighted by atomic mass is 79.9. The van der Waals surface area contributed by atoms with Gasteiger partial charge in [-0.25, -0.2) is 9.97 Å². The number of halogens is 1. The molecule has 0 saturated carbocycles. The molecule has 0 bridgehead atoms. The second-order valence-electron chi connectivity index (χ2n) is 4.13. The van der Waals surface area contributed by atoms with Gasteiger partial charge in [0.05, 0.1) is 5.52 Å². The molecule has 0 fully saturated rings. The van der Waals surface area contributed by atoms with Gasteiger partial charge in [-0.15, -0.1) is 0 Å². The summed E-state index contributed by atoms with van der Waals surface area (Å²) in [5.74, 6) is 1.27. The standard InChI is InChI=1S/C13H11BrN4/c1-7-3-2-4-8(11(7)14)12-16-9-5-6-10(15)17-13(9)18-12/h2-6H,1H3,(H3,15,16,17,18). The minimum Gasteiger partial charge on any atom is -0.384 e. The van der Waals surface area contributed by atoms with Crippen molar-refractivity contribution in [2.45, 2.75) is 6.92 Å². The molecule has 3 aromatic rings. The van der Waals surface area contributed by atoms with E-state index in [1.165, 1.54) is 5.56 Å². The smallest absolute Gasteiger partial charge is 0.180 e. The predicted octanol–water partition coefficient (Wildman–Crippen LogP) is 3.28. The van der Waals surface area contributed by atoms with Crippen LogP contribution in [0.15, 0.2) is 34.8 Å². The van der Waals surface area contributed by atoms with E-state index in [-0.39, 0.29) is 0 Å². The summed E-state index contributed by atoms with van der Waals surface area (Å²) in [6.07, 6.45) is 0. The summed E-state index contributed by atoms with van der Waals surface area (Å²) in [4.78, 5) is 11.9. The first-order chi connectivity index (χ1) is 8.65. The lowest BCUT2D eigenvalue weighted by molar-refractivity contribution is 1.29. The first kappa shape index (κ1) is 11.2. The number of hydrogen-bond acceptors (Lipinski definition) is 3. The van der Waals surface area contributed by atoms with Gasteiger partial charge in [-0.1, -0.05) is 18.2 Å². The number of aromatic amines is 1. The number of aryl methyl sites for hydroxylation is 1. The molecule has 3 rings (SSSR count). The van der Waals surface area contributed by atoms with Gasteiger partial charge in [0.2, 0.25) is 0 Å². The first-order valence-corrected chi connectivity index (χ1v) is 6.32. The zero-order valence-corrected chi connectivity index (χ0v) is 11.3. The zero-order valence-electron chi connectivity index (χ0n) is 9.74. The van der Waals surface area contributed by atoms with Gasteiger partial charge in [0, 0.05) is 10.0 Å². The molecule has 0 aliphatic heterocycles. The Bertz CT molecular complexity index is 733. The highest BCUT2D eigenvalue weighted by Crippen LogP contribution is 2.29. The maximum atomic E-state index is 5.65. The molecule has 0 aliphatic carbocycles. The minimum absolute atomic E-state index is 0.476. The molecule has 2 aromatic heterocycles. The maximum absolute atomic E-state index is 5.65. The van der Waals surface area contributed by atoms with Gasteiger partial charge in [0.1, 0.15) is 11.6 Å². The van der Waals surface area contributed by atoms with Gasteiger partial charge >= 0.3 is 0 Å². The van der Waals surface area contributed by atoms with Crippen molar-refractivity contribution in [3.63, 3.8) is 0 Å². The number of nitrogens with one attached hydrogen (secondary N) is 1. The Morgan fingerprint density at radius 2 is 2.00 bits per heavy atom. The van der Waals surface area contributed by atoms with Gasteiger partial charge < -0.3 is 10.7 Å². The number of pyridine rings is 1. The number of rotatable bonds is 1. The average Bonchev–Trinajstić information content (AvgIpc) is 2.75. The Kier molecular flexibility index (Phi) is 2.56.